The molecule has 1 saturated heterocycles. The highest BCUT2D eigenvalue weighted by molar-refractivity contribution is 6.31. The molecule has 5 heteroatoms. The van der Waals surface area contributed by atoms with Crippen molar-refractivity contribution in [3.63, 3.8) is 0 Å². The Kier molecular flexibility index (Phi) is 4.53. The number of benzene rings is 2. The second-order valence-electron chi connectivity index (χ2n) is 6.74. The zero-order chi connectivity index (χ0) is 17.2. The summed E-state index contributed by atoms with van der Waals surface area (Å²) < 4.78 is 0. The Balaban J connectivity index is 1.46. The van der Waals surface area contributed by atoms with Gasteiger partial charge in [-0.1, -0.05) is 11.6 Å². The molecule has 1 aromatic heterocycles. The highest BCUT2D eigenvalue weighted by Crippen LogP contribution is 2.25. The van der Waals surface area contributed by atoms with E-state index in [2.05, 4.69) is 51.4 Å². The van der Waals surface area contributed by atoms with Crippen LogP contribution in [-0.4, -0.2) is 23.1 Å². The second kappa shape index (κ2) is 6.96. The van der Waals surface area contributed by atoms with Crippen LogP contribution in [0.5, 0.6) is 0 Å². The molecule has 4 nitrogen and oxygen atoms in total. The lowest BCUT2D eigenvalue weighted by atomic mass is 10.1. The van der Waals surface area contributed by atoms with Gasteiger partial charge in [-0.25, -0.2) is 4.98 Å². The van der Waals surface area contributed by atoms with Gasteiger partial charge in [0.15, 0.2) is 0 Å². The Morgan fingerprint density at radius 1 is 1.08 bits per heavy atom. The average molecular weight is 355 g/mol. The molecule has 1 aliphatic rings. The van der Waals surface area contributed by atoms with Gasteiger partial charge < -0.3 is 15.2 Å². The van der Waals surface area contributed by atoms with Crippen LogP contribution in [-0.2, 0) is 0 Å². The molecule has 4 rings (SSSR count). The Morgan fingerprint density at radius 2 is 1.84 bits per heavy atom. The third-order valence-electron chi connectivity index (χ3n) is 4.84. The number of anilines is 2. The SMILES string of the molecule is CC(Nc1ccc(N2CCCCC2)cc1)c1nc2ccc(Cl)cc2[nH]1. The molecule has 0 bridgehead atoms. The Bertz CT molecular complexity index is 850. The van der Waals surface area contributed by atoms with Gasteiger partial charge in [0.1, 0.15) is 5.82 Å². The van der Waals surface area contributed by atoms with Crippen molar-refractivity contribution in [3.05, 3.63) is 53.3 Å². The summed E-state index contributed by atoms with van der Waals surface area (Å²) in [6.07, 6.45) is 3.95. The Hall–Kier alpha value is -2.20. The standard InChI is InChI=1S/C20H23ClN4/c1-14(20-23-18-10-5-15(21)13-19(18)24-20)22-16-6-8-17(9-7-16)25-11-3-2-4-12-25/h5-10,13-14,22H,2-4,11-12H2,1H3,(H,23,24). The van der Waals surface area contributed by atoms with Crippen molar-refractivity contribution >= 4 is 34.0 Å². The first-order chi connectivity index (χ1) is 12.2. The summed E-state index contributed by atoms with van der Waals surface area (Å²) in [7, 11) is 0. The third-order valence-corrected chi connectivity index (χ3v) is 5.08. The fourth-order valence-corrected chi connectivity index (χ4v) is 3.62. The summed E-state index contributed by atoms with van der Waals surface area (Å²) in [6, 6.07) is 14.5. The number of aromatic nitrogens is 2. The summed E-state index contributed by atoms with van der Waals surface area (Å²) in [5, 5.41) is 4.24. The Morgan fingerprint density at radius 3 is 2.60 bits per heavy atom. The third kappa shape index (κ3) is 3.59. The van der Waals surface area contributed by atoms with E-state index in [0.29, 0.717) is 0 Å². The van der Waals surface area contributed by atoms with Gasteiger partial charge in [0.05, 0.1) is 17.1 Å². The summed E-state index contributed by atoms with van der Waals surface area (Å²) in [5.74, 6) is 0.914. The average Bonchev–Trinajstić information content (AvgIpc) is 3.06. The lowest BCUT2D eigenvalue weighted by Gasteiger charge is -2.29. The van der Waals surface area contributed by atoms with Gasteiger partial charge in [0, 0.05) is 29.5 Å². The Labute approximate surface area is 153 Å². The molecule has 25 heavy (non-hydrogen) atoms. The smallest absolute Gasteiger partial charge is 0.129 e. The van der Waals surface area contributed by atoms with Gasteiger partial charge in [0.2, 0.25) is 0 Å². The minimum absolute atomic E-state index is 0.0898. The highest BCUT2D eigenvalue weighted by Gasteiger charge is 2.13. The van der Waals surface area contributed by atoms with Gasteiger partial charge in [-0.2, -0.15) is 0 Å². The van der Waals surface area contributed by atoms with Crippen molar-refractivity contribution in [2.45, 2.75) is 32.2 Å². The molecule has 0 aliphatic carbocycles. The van der Waals surface area contributed by atoms with Gasteiger partial charge in [-0.05, 0) is 68.7 Å². The molecule has 0 saturated carbocycles. The number of imidazole rings is 1. The summed E-state index contributed by atoms with van der Waals surface area (Å²) >= 11 is 6.05. The van der Waals surface area contributed by atoms with Gasteiger partial charge in [0.25, 0.3) is 0 Å². The fourth-order valence-electron chi connectivity index (χ4n) is 3.45. The van der Waals surface area contributed by atoms with Crippen LogP contribution in [0.25, 0.3) is 11.0 Å². The van der Waals surface area contributed by atoms with E-state index in [-0.39, 0.29) is 6.04 Å². The molecule has 1 aliphatic heterocycles. The largest absolute Gasteiger partial charge is 0.375 e. The monoisotopic (exact) mass is 354 g/mol. The number of fused-ring (bicyclic) bond motifs is 1. The van der Waals surface area contributed by atoms with Crippen molar-refractivity contribution in [3.8, 4) is 0 Å². The molecule has 1 fully saturated rings. The molecule has 2 N–H and O–H groups in total. The van der Waals surface area contributed by atoms with E-state index in [1.165, 1.54) is 38.0 Å². The van der Waals surface area contributed by atoms with Gasteiger partial charge in [-0.3, -0.25) is 0 Å². The first kappa shape index (κ1) is 16.3. The highest BCUT2D eigenvalue weighted by atomic mass is 35.5. The van der Waals surface area contributed by atoms with Crippen LogP contribution in [0.4, 0.5) is 11.4 Å². The van der Waals surface area contributed by atoms with Crippen LogP contribution in [0.2, 0.25) is 5.02 Å². The molecule has 0 amide bonds. The molecule has 2 heterocycles. The molecule has 3 aromatic rings. The molecular weight excluding hydrogens is 332 g/mol. The maximum atomic E-state index is 6.05. The topological polar surface area (TPSA) is 44.0 Å². The number of hydrogen-bond donors (Lipinski definition) is 2. The number of halogens is 1. The molecule has 130 valence electrons. The van der Waals surface area contributed by atoms with Crippen LogP contribution < -0.4 is 10.2 Å². The lowest BCUT2D eigenvalue weighted by molar-refractivity contribution is 0.578. The van der Waals surface area contributed by atoms with Crippen LogP contribution >= 0.6 is 11.6 Å². The first-order valence-corrected chi connectivity index (χ1v) is 9.33. The summed E-state index contributed by atoms with van der Waals surface area (Å²) in [6.45, 7) is 4.45. The van der Waals surface area contributed by atoms with Gasteiger partial charge in [-0.15, -0.1) is 0 Å². The molecule has 0 spiro atoms. The molecule has 1 atom stereocenters. The van der Waals surface area contributed by atoms with Crippen molar-refractivity contribution < 1.29 is 0 Å². The van der Waals surface area contributed by atoms with Crippen LogP contribution in [0.3, 0.4) is 0 Å². The minimum Gasteiger partial charge on any atom is -0.375 e. The molecular formula is C20H23ClN4. The van der Waals surface area contributed by atoms with E-state index in [4.69, 9.17) is 11.6 Å². The number of piperidine rings is 1. The van der Waals surface area contributed by atoms with Crippen molar-refractivity contribution in [2.75, 3.05) is 23.3 Å². The quantitative estimate of drug-likeness (QED) is 0.661. The van der Waals surface area contributed by atoms with Crippen molar-refractivity contribution in [2.24, 2.45) is 0 Å². The predicted octanol–water partition coefficient (Wildman–Crippen LogP) is 5.38. The number of nitrogens with zero attached hydrogens (tertiary/aromatic N) is 2. The number of hydrogen-bond acceptors (Lipinski definition) is 3. The maximum absolute atomic E-state index is 6.05. The number of aromatic amines is 1. The molecule has 1 unspecified atom stereocenters. The zero-order valence-corrected chi connectivity index (χ0v) is 15.2. The predicted molar refractivity (Wildman–Crippen MR) is 106 cm³/mol. The van der Waals surface area contributed by atoms with E-state index in [0.717, 1.165) is 27.6 Å². The molecule has 2 aromatic carbocycles. The summed E-state index contributed by atoms with van der Waals surface area (Å²) in [4.78, 5) is 10.5. The van der Waals surface area contributed by atoms with Crippen molar-refractivity contribution in [1.82, 2.24) is 9.97 Å². The van der Waals surface area contributed by atoms with E-state index in [1.54, 1.807) is 0 Å². The van der Waals surface area contributed by atoms with Crippen LogP contribution in [0.1, 0.15) is 38.1 Å². The van der Waals surface area contributed by atoms with Crippen LogP contribution in [0, 0.1) is 0 Å². The minimum atomic E-state index is 0.0898. The van der Waals surface area contributed by atoms with E-state index in [1.807, 2.05) is 18.2 Å². The van der Waals surface area contributed by atoms with Crippen LogP contribution in [0.15, 0.2) is 42.5 Å². The van der Waals surface area contributed by atoms with E-state index < -0.39 is 0 Å². The summed E-state index contributed by atoms with van der Waals surface area (Å²) in [5.41, 5.74) is 4.33. The maximum Gasteiger partial charge on any atom is 0.129 e. The number of H-pyrrole nitrogens is 1. The lowest BCUT2D eigenvalue weighted by Crippen LogP contribution is -2.29. The van der Waals surface area contributed by atoms with Crippen molar-refractivity contribution in [1.29, 1.82) is 0 Å². The van der Waals surface area contributed by atoms with Gasteiger partial charge >= 0.3 is 0 Å². The normalized spacial score (nSPS) is 16.2. The van der Waals surface area contributed by atoms with E-state index >= 15 is 0 Å². The first-order valence-electron chi connectivity index (χ1n) is 8.96. The molecule has 0 radical (unpaired) electrons. The number of rotatable bonds is 4. The number of nitrogens with one attached hydrogen (secondary N) is 2. The van der Waals surface area contributed by atoms with E-state index in [9.17, 15) is 0 Å². The fraction of sp³-hybridized carbons (Fsp3) is 0.350. The second-order valence-corrected chi connectivity index (χ2v) is 7.18. The zero-order valence-electron chi connectivity index (χ0n) is 14.4.